The lowest BCUT2D eigenvalue weighted by Gasteiger charge is -2.31. The molecular formula is C14H24N2. The number of likely N-dealkylation sites (tertiary alicyclic amines) is 1. The molecule has 2 heterocycles. The van der Waals surface area contributed by atoms with E-state index in [0.717, 1.165) is 5.92 Å². The van der Waals surface area contributed by atoms with Crippen LogP contribution < -0.4 is 0 Å². The van der Waals surface area contributed by atoms with Gasteiger partial charge in [0.2, 0.25) is 0 Å². The van der Waals surface area contributed by atoms with Crippen LogP contribution in [0.25, 0.3) is 0 Å². The molecule has 0 bridgehead atoms. The summed E-state index contributed by atoms with van der Waals surface area (Å²) in [6, 6.07) is 4.47. The van der Waals surface area contributed by atoms with E-state index in [4.69, 9.17) is 0 Å². The maximum absolute atomic E-state index is 2.56. The van der Waals surface area contributed by atoms with Crippen molar-refractivity contribution < 1.29 is 0 Å². The monoisotopic (exact) mass is 220 g/mol. The fourth-order valence-corrected chi connectivity index (χ4v) is 2.73. The van der Waals surface area contributed by atoms with Gasteiger partial charge in [0.05, 0.1) is 0 Å². The molecule has 0 saturated carbocycles. The first-order valence-corrected chi connectivity index (χ1v) is 6.55. The fraction of sp³-hybridized carbons (Fsp3) is 0.714. The highest BCUT2D eigenvalue weighted by atomic mass is 15.1. The minimum atomic E-state index is 0.882. The highest BCUT2D eigenvalue weighted by molar-refractivity contribution is 5.13. The molecule has 1 aliphatic heterocycles. The zero-order valence-electron chi connectivity index (χ0n) is 10.9. The molecule has 2 nitrogen and oxygen atoms in total. The van der Waals surface area contributed by atoms with Crippen molar-refractivity contribution >= 4 is 0 Å². The molecule has 1 aromatic rings. The quantitative estimate of drug-likeness (QED) is 0.760. The molecule has 1 fully saturated rings. The van der Waals surface area contributed by atoms with E-state index in [1.54, 1.807) is 0 Å². The Balaban J connectivity index is 1.92. The summed E-state index contributed by atoms with van der Waals surface area (Å²) in [5, 5.41) is 0. The molecule has 0 atom stereocenters. The third-order valence-corrected chi connectivity index (χ3v) is 4.01. The first-order valence-electron chi connectivity index (χ1n) is 6.55. The standard InChI is InChI=1S/C14H24N2/c1-4-15-9-7-14(8-10-15)11-16-12(2)5-6-13(16)3/h5-6,14H,4,7-11H2,1-3H3. The van der Waals surface area contributed by atoms with Crippen LogP contribution in [0.4, 0.5) is 0 Å². The largest absolute Gasteiger partial charge is 0.349 e. The van der Waals surface area contributed by atoms with Crippen molar-refractivity contribution in [3.05, 3.63) is 23.5 Å². The van der Waals surface area contributed by atoms with Crippen molar-refractivity contribution in [2.24, 2.45) is 5.92 Å². The van der Waals surface area contributed by atoms with Crippen LogP contribution in [0.3, 0.4) is 0 Å². The van der Waals surface area contributed by atoms with Crippen molar-refractivity contribution in [3.63, 3.8) is 0 Å². The molecular weight excluding hydrogens is 196 g/mol. The first kappa shape index (κ1) is 11.7. The van der Waals surface area contributed by atoms with Gasteiger partial charge in [0.25, 0.3) is 0 Å². The Morgan fingerprint density at radius 3 is 2.19 bits per heavy atom. The molecule has 0 amide bonds. The molecule has 16 heavy (non-hydrogen) atoms. The molecule has 1 aromatic heterocycles. The highest BCUT2D eigenvalue weighted by Crippen LogP contribution is 2.20. The van der Waals surface area contributed by atoms with Crippen LogP contribution in [-0.2, 0) is 6.54 Å². The number of hydrogen-bond donors (Lipinski definition) is 0. The minimum absolute atomic E-state index is 0.882. The topological polar surface area (TPSA) is 8.17 Å². The minimum Gasteiger partial charge on any atom is -0.349 e. The Morgan fingerprint density at radius 1 is 1.12 bits per heavy atom. The Kier molecular flexibility index (Phi) is 3.70. The maximum atomic E-state index is 2.56. The van der Waals surface area contributed by atoms with Crippen LogP contribution in [0.1, 0.15) is 31.2 Å². The predicted molar refractivity (Wildman–Crippen MR) is 68.7 cm³/mol. The summed E-state index contributed by atoms with van der Waals surface area (Å²) in [6.45, 7) is 11.7. The summed E-state index contributed by atoms with van der Waals surface area (Å²) in [6.07, 6.45) is 2.73. The maximum Gasteiger partial charge on any atom is 0.0253 e. The summed E-state index contributed by atoms with van der Waals surface area (Å²) < 4.78 is 2.48. The van der Waals surface area contributed by atoms with E-state index in [1.807, 2.05) is 0 Å². The van der Waals surface area contributed by atoms with Crippen molar-refractivity contribution in [2.45, 2.75) is 40.2 Å². The van der Waals surface area contributed by atoms with Crippen molar-refractivity contribution in [3.8, 4) is 0 Å². The summed E-state index contributed by atoms with van der Waals surface area (Å²) in [5.41, 5.74) is 2.82. The van der Waals surface area contributed by atoms with E-state index in [1.165, 1.54) is 50.4 Å². The molecule has 2 rings (SSSR count). The van der Waals surface area contributed by atoms with Crippen LogP contribution in [0.15, 0.2) is 12.1 Å². The molecule has 0 aromatic carbocycles. The number of hydrogen-bond acceptors (Lipinski definition) is 1. The molecule has 0 aliphatic carbocycles. The fourth-order valence-electron chi connectivity index (χ4n) is 2.73. The van der Waals surface area contributed by atoms with Crippen LogP contribution in [-0.4, -0.2) is 29.1 Å². The first-order chi connectivity index (χ1) is 7.70. The second-order valence-electron chi connectivity index (χ2n) is 5.10. The molecule has 0 N–H and O–H groups in total. The van der Waals surface area contributed by atoms with Crippen LogP contribution >= 0.6 is 0 Å². The average Bonchev–Trinajstić information content (AvgIpc) is 2.62. The lowest BCUT2D eigenvalue weighted by atomic mass is 9.96. The second-order valence-corrected chi connectivity index (χ2v) is 5.10. The number of nitrogens with zero attached hydrogens (tertiary/aromatic N) is 2. The zero-order chi connectivity index (χ0) is 11.5. The molecule has 2 heteroatoms. The Hall–Kier alpha value is -0.760. The number of aryl methyl sites for hydroxylation is 2. The third kappa shape index (κ3) is 2.49. The Labute approximate surface area is 99.3 Å². The van der Waals surface area contributed by atoms with Gasteiger partial charge in [0.15, 0.2) is 0 Å². The lowest BCUT2D eigenvalue weighted by molar-refractivity contribution is 0.180. The van der Waals surface area contributed by atoms with Gasteiger partial charge in [-0.1, -0.05) is 6.92 Å². The number of rotatable bonds is 3. The lowest BCUT2D eigenvalue weighted by Crippen LogP contribution is -2.34. The van der Waals surface area contributed by atoms with E-state index in [9.17, 15) is 0 Å². The van der Waals surface area contributed by atoms with Crippen molar-refractivity contribution in [1.29, 1.82) is 0 Å². The molecule has 90 valence electrons. The third-order valence-electron chi connectivity index (χ3n) is 4.01. The molecule has 0 unspecified atom stereocenters. The Bertz CT molecular complexity index is 313. The summed E-state index contributed by atoms with van der Waals surface area (Å²) >= 11 is 0. The average molecular weight is 220 g/mol. The van der Waals surface area contributed by atoms with Crippen molar-refractivity contribution in [2.75, 3.05) is 19.6 Å². The van der Waals surface area contributed by atoms with Gasteiger partial charge in [-0.05, 0) is 64.4 Å². The van der Waals surface area contributed by atoms with Crippen LogP contribution in [0.2, 0.25) is 0 Å². The Morgan fingerprint density at radius 2 is 1.69 bits per heavy atom. The van der Waals surface area contributed by atoms with Gasteiger partial charge < -0.3 is 9.47 Å². The summed E-state index contributed by atoms with van der Waals surface area (Å²) in [4.78, 5) is 2.56. The highest BCUT2D eigenvalue weighted by Gasteiger charge is 2.19. The summed E-state index contributed by atoms with van der Waals surface area (Å²) in [7, 11) is 0. The predicted octanol–water partition coefficient (Wildman–Crippen LogP) is 2.84. The normalized spacial score (nSPS) is 19.2. The van der Waals surface area contributed by atoms with Gasteiger partial charge in [-0.15, -0.1) is 0 Å². The second kappa shape index (κ2) is 5.05. The van der Waals surface area contributed by atoms with Crippen LogP contribution in [0, 0.1) is 19.8 Å². The van der Waals surface area contributed by atoms with E-state index in [-0.39, 0.29) is 0 Å². The van der Waals surface area contributed by atoms with E-state index < -0.39 is 0 Å². The van der Waals surface area contributed by atoms with Gasteiger partial charge >= 0.3 is 0 Å². The molecule has 1 aliphatic rings. The van der Waals surface area contributed by atoms with Gasteiger partial charge in [0, 0.05) is 17.9 Å². The SMILES string of the molecule is CCN1CCC(Cn2c(C)ccc2C)CC1. The number of piperidine rings is 1. The van der Waals surface area contributed by atoms with Crippen molar-refractivity contribution in [1.82, 2.24) is 9.47 Å². The van der Waals surface area contributed by atoms with E-state index in [0.29, 0.717) is 0 Å². The van der Waals surface area contributed by atoms with Gasteiger partial charge in [-0.25, -0.2) is 0 Å². The van der Waals surface area contributed by atoms with Gasteiger partial charge in [-0.2, -0.15) is 0 Å². The molecule has 0 spiro atoms. The molecule has 1 saturated heterocycles. The zero-order valence-corrected chi connectivity index (χ0v) is 10.9. The van der Waals surface area contributed by atoms with Gasteiger partial charge in [-0.3, -0.25) is 0 Å². The van der Waals surface area contributed by atoms with Gasteiger partial charge in [0.1, 0.15) is 0 Å². The van der Waals surface area contributed by atoms with Crippen LogP contribution in [0.5, 0.6) is 0 Å². The molecule has 0 radical (unpaired) electrons. The van der Waals surface area contributed by atoms with E-state index in [2.05, 4.69) is 42.4 Å². The number of aromatic nitrogens is 1. The summed E-state index contributed by atoms with van der Waals surface area (Å²) in [5.74, 6) is 0.882. The smallest absolute Gasteiger partial charge is 0.0253 e. The van der Waals surface area contributed by atoms with E-state index >= 15 is 0 Å².